The van der Waals surface area contributed by atoms with Crippen molar-refractivity contribution in [1.29, 1.82) is 0 Å². The minimum absolute atomic E-state index is 0.0999. The van der Waals surface area contributed by atoms with Crippen LogP contribution in [0, 0.1) is 12.8 Å². The number of thiophene rings is 1. The highest BCUT2D eigenvalue weighted by molar-refractivity contribution is 7.12. The fraction of sp³-hybridized carbons (Fsp3) is 0.692. The summed E-state index contributed by atoms with van der Waals surface area (Å²) in [5.41, 5.74) is -0.0999. The van der Waals surface area contributed by atoms with E-state index in [-0.39, 0.29) is 12.1 Å². The Labute approximate surface area is 102 Å². The highest BCUT2D eigenvalue weighted by Crippen LogP contribution is 2.40. The van der Waals surface area contributed by atoms with Gasteiger partial charge in [-0.05, 0) is 51.7 Å². The van der Waals surface area contributed by atoms with Crippen LogP contribution in [0.25, 0.3) is 0 Å². The van der Waals surface area contributed by atoms with E-state index in [1.807, 2.05) is 11.3 Å². The van der Waals surface area contributed by atoms with Gasteiger partial charge in [0.25, 0.3) is 0 Å². The molecule has 0 aliphatic heterocycles. The second-order valence-electron chi connectivity index (χ2n) is 5.16. The molecular weight excluding hydrogens is 218 g/mol. The summed E-state index contributed by atoms with van der Waals surface area (Å²) < 4.78 is 0. The van der Waals surface area contributed by atoms with Crippen LogP contribution < -0.4 is 5.32 Å². The summed E-state index contributed by atoms with van der Waals surface area (Å²) in [5, 5.41) is 13.1. The molecule has 3 heteroatoms. The Kier molecular flexibility index (Phi) is 3.38. The minimum atomic E-state index is -0.0999. The van der Waals surface area contributed by atoms with Crippen LogP contribution in [0.3, 0.4) is 0 Å². The molecule has 0 amide bonds. The standard InChI is InChI=1S/C13H21NOS/c1-9-4-7-12(16-9)10(2)14-13(3,8-15)11-5-6-11/h4,7,10-11,14-15H,5-6,8H2,1-3H3. The average molecular weight is 239 g/mol. The molecule has 2 N–H and O–H groups in total. The monoisotopic (exact) mass is 239 g/mol. The van der Waals surface area contributed by atoms with E-state index >= 15 is 0 Å². The van der Waals surface area contributed by atoms with E-state index in [9.17, 15) is 5.11 Å². The van der Waals surface area contributed by atoms with E-state index in [4.69, 9.17) is 0 Å². The molecule has 1 fully saturated rings. The maximum Gasteiger partial charge on any atom is 0.0613 e. The first-order valence-electron chi connectivity index (χ1n) is 6.00. The topological polar surface area (TPSA) is 32.3 Å². The van der Waals surface area contributed by atoms with E-state index in [0.29, 0.717) is 12.0 Å². The number of nitrogens with one attached hydrogen (secondary N) is 1. The maximum absolute atomic E-state index is 9.54. The average Bonchev–Trinajstić information content (AvgIpc) is 3.02. The fourth-order valence-electron chi connectivity index (χ4n) is 2.26. The predicted molar refractivity (Wildman–Crippen MR) is 68.8 cm³/mol. The lowest BCUT2D eigenvalue weighted by atomic mass is 9.95. The Morgan fingerprint density at radius 3 is 2.69 bits per heavy atom. The SMILES string of the molecule is Cc1ccc(C(C)NC(C)(CO)C2CC2)s1. The lowest BCUT2D eigenvalue weighted by molar-refractivity contribution is 0.144. The summed E-state index contributed by atoms with van der Waals surface area (Å²) in [4.78, 5) is 2.71. The van der Waals surface area contributed by atoms with Crippen molar-refractivity contribution < 1.29 is 5.11 Å². The molecule has 0 bridgehead atoms. The van der Waals surface area contributed by atoms with Crippen LogP contribution in [-0.4, -0.2) is 17.3 Å². The largest absolute Gasteiger partial charge is 0.394 e. The minimum Gasteiger partial charge on any atom is -0.394 e. The Morgan fingerprint density at radius 1 is 1.56 bits per heavy atom. The van der Waals surface area contributed by atoms with Crippen molar-refractivity contribution in [3.63, 3.8) is 0 Å². The lowest BCUT2D eigenvalue weighted by Gasteiger charge is -2.32. The summed E-state index contributed by atoms with van der Waals surface area (Å²) in [6, 6.07) is 4.67. The van der Waals surface area contributed by atoms with Crippen molar-refractivity contribution >= 4 is 11.3 Å². The van der Waals surface area contributed by atoms with Gasteiger partial charge >= 0.3 is 0 Å². The van der Waals surface area contributed by atoms with Crippen molar-refractivity contribution in [2.75, 3.05) is 6.61 Å². The second kappa shape index (κ2) is 4.47. The van der Waals surface area contributed by atoms with Crippen molar-refractivity contribution in [3.05, 3.63) is 21.9 Å². The van der Waals surface area contributed by atoms with Gasteiger partial charge in [0, 0.05) is 21.3 Å². The predicted octanol–water partition coefficient (Wildman–Crippen LogP) is 2.87. The maximum atomic E-state index is 9.54. The molecule has 0 saturated heterocycles. The van der Waals surface area contributed by atoms with E-state index in [1.165, 1.54) is 22.6 Å². The summed E-state index contributed by atoms with van der Waals surface area (Å²) in [7, 11) is 0. The van der Waals surface area contributed by atoms with Crippen molar-refractivity contribution in [2.24, 2.45) is 5.92 Å². The van der Waals surface area contributed by atoms with Crippen LogP contribution in [0.4, 0.5) is 0 Å². The number of hydrogen-bond donors (Lipinski definition) is 2. The van der Waals surface area contributed by atoms with Gasteiger partial charge in [0.1, 0.15) is 0 Å². The Bertz CT molecular complexity index is 359. The zero-order chi connectivity index (χ0) is 11.8. The van der Waals surface area contributed by atoms with Crippen LogP contribution in [0.5, 0.6) is 0 Å². The number of aliphatic hydroxyl groups is 1. The smallest absolute Gasteiger partial charge is 0.0613 e. The van der Waals surface area contributed by atoms with Crippen LogP contribution in [0.2, 0.25) is 0 Å². The second-order valence-corrected chi connectivity index (χ2v) is 6.48. The first-order valence-corrected chi connectivity index (χ1v) is 6.82. The molecule has 2 rings (SSSR count). The zero-order valence-corrected chi connectivity index (χ0v) is 11.1. The molecule has 1 aromatic heterocycles. The number of hydrogen-bond acceptors (Lipinski definition) is 3. The molecule has 1 aliphatic carbocycles. The summed E-state index contributed by atoms with van der Waals surface area (Å²) >= 11 is 1.84. The molecule has 2 nitrogen and oxygen atoms in total. The van der Waals surface area contributed by atoms with Gasteiger partial charge in [0.05, 0.1) is 6.61 Å². The van der Waals surface area contributed by atoms with Gasteiger partial charge in [0.2, 0.25) is 0 Å². The van der Waals surface area contributed by atoms with Crippen LogP contribution >= 0.6 is 11.3 Å². The third-order valence-corrected chi connectivity index (χ3v) is 4.72. The van der Waals surface area contributed by atoms with Crippen LogP contribution in [-0.2, 0) is 0 Å². The van der Waals surface area contributed by atoms with Gasteiger partial charge in [-0.15, -0.1) is 11.3 Å². The van der Waals surface area contributed by atoms with Gasteiger partial charge < -0.3 is 10.4 Å². The highest BCUT2D eigenvalue weighted by Gasteiger charge is 2.41. The third kappa shape index (κ3) is 2.47. The summed E-state index contributed by atoms with van der Waals surface area (Å²) in [5.74, 6) is 0.654. The van der Waals surface area contributed by atoms with Crippen LogP contribution in [0.1, 0.15) is 42.5 Å². The molecule has 2 unspecified atom stereocenters. The highest BCUT2D eigenvalue weighted by atomic mass is 32.1. The molecule has 0 radical (unpaired) electrons. The van der Waals surface area contributed by atoms with E-state index in [1.54, 1.807) is 0 Å². The first-order chi connectivity index (χ1) is 7.55. The quantitative estimate of drug-likeness (QED) is 0.828. The Morgan fingerprint density at radius 2 is 2.25 bits per heavy atom. The van der Waals surface area contributed by atoms with Gasteiger partial charge in [-0.1, -0.05) is 0 Å². The summed E-state index contributed by atoms with van der Waals surface area (Å²) in [6.07, 6.45) is 2.50. The lowest BCUT2D eigenvalue weighted by Crippen LogP contribution is -2.48. The molecular formula is C13H21NOS. The van der Waals surface area contributed by atoms with Crippen molar-refractivity contribution in [3.8, 4) is 0 Å². The molecule has 1 saturated carbocycles. The molecule has 16 heavy (non-hydrogen) atoms. The first kappa shape index (κ1) is 12.1. The normalized spacial score (nSPS) is 21.8. The van der Waals surface area contributed by atoms with Gasteiger partial charge in [-0.3, -0.25) is 0 Å². The van der Waals surface area contributed by atoms with E-state index in [2.05, 4.69) is 38.2 Å². The molecule has 1 aromatic rings. The summed E-state index contributed by atoms with van der Waals surface area (Å²) in [6.45, 7) is 6.68. The third-order valence-electron chi connectivity index (χ3n) is 3.54. The van der Waals surface area contributed by atoms with E-state index < -0.39 is 0 Å². The van der Waals surface area contributed by atoms with Crippen LogP contribution in [0.15, 0.2) is 12.1 Å². The van der Waals surface area contributed by atoms with Gasteiger partial charge in [0.15, 0.2) is 0 Å². The number of aliphatic hydroxyl groups excluding tert-OH is 1. The molecule has 2 atom stereocenters. The van der Waals surface area contributed by atoms with Gasteiger partial charge in [-0.25, -0.2) is 0 Å². The molecule has 0 spiro atoms. The zero-order valence-electron chi connectivity index (χ0n) is 10.3. The Balaban J connectivity index is 2.02. The molecule has 1 heterocycles. The fourth-order valence-corrected chi connectivity index (χ4v) is 3.14. The van der Waals surface area contributed by atoms with Crippen molar-refractivity contribution in [2.45, 2.75) is 45.2 Å². The van der Waals surface area contributed by atoms with E-state index in [0.717, 1.165) is 0 Å². The number of aryl methyl sites for hydroxylation is 1. The molecule has 90 valence electrons. The van der Waals surface area contributed by atoms with Crippen molar-refractivity contribution in [1.82, 2.24) is 5.32 Å². The Hall–Kier alpha value is -0.380. The molecule has 1 aliphatic rings. The number of rotatable bonds is 5. The molecule has 0 aromatic carbocycles. The van der Waals surface area contributed by atoms with Gasteiger partial charge in [-0.2, -0.15) is 0 Å².